The fourth-order valence-electron chi connectivity index (χ4n) is 7.89. The molecule has 0 aliphatic heterocycles. The van der Waals surface area contributed by atoms with Crippen molar-refractivity contribution in [3.05, 3.63) is 187 Å². The van der Waals surface area contributed by atoms with Gasteiger partial charge in [-0.3, -0.25) is 15.0 Å². The maximum atomic E-state index is 5.17. The lowest BCUT2D eigenvalue weighted by Gasteiger charge is -2.18. The van der Waals surface area contributed by atoms with E-state index in [4.69, 9.17) is 4.98 Å². The van der Waals surface area contributed by atoms with Gasteiger partial charge in [-0.15, -0.1) is 0 Å². The third kappa shape index (κ3) is 5.02. The standard InChI is InChI=1S/C48H31N3/c1-2-12-38-31(11-1)25-35-26-32(19-21-39(35)38)47-40-13-3-5-15-42(40)48(43-16-6-4-14-41(43)47)46-22-20-33(30-51-46)34-27-36(44-17-7-9-23-49-44)29-37(28-34)45-18-8-10-24-50-45/h1-24,26-30H,25H2. The molecule has 0 bridgehead atoms. The number of nitrogens with zero attached hydrogens (tertiary/aromatic N) is 3. The highest BCUT2D eigenvalue weighted by Crippen LogP contribution is 2.45. The maximum Gasteiger partial charge on any atom is 0.0714 e. The zero-order valence-electron chi connectivity index (χ0n) is 27.8. The van der Waals surface area contributed by atoms with Gasteiger partial charge in [0, 0.05) is 40.8 Å². The largest absolute Gasteiger partial charge is 0.256 e. The second kappa shape index (κ2) is 12.0. The van der Waals surface area contributed by atoms with E-state index in [1.54, 1.807) is 0 Å². The first-order valence-corrected chi connectivity index (χ1v) is 17.4. The summed E-state index contributed by atoms with van der Waals surface area (Å²) in [6.07, 6.45) is 6.65. The Balaban J connectivity index is 1.11. The molecule has 51 heavy (non-hydrogen) atoms. The highest BCUT2D eigenvalue weighted by Gasteiger charge is 2.21. The minimum atomic E-state index is 0.923. The number of fused-ring (bicyclic) bond motifs is 5. The molecule has 0 fully saturated rings. The first-order valence-electron chi connectivity index (χ1n) is 17.4. The molecule has 0 unspecified atom stereocenters. The molecular formula is C48H31N3. The minimum Gasteiger partial charge on any atom is -0.256 e. The molecule has 9 aromatic rings. The van der Waals surface area contributed by atoms with Crippen molar-refractivity contribution in [3.8, 4) is 67.2 Å². The Hall–Kier alpha value is -6.71. The monoisotopic (exact) mass is 649 g/mol. The molecule has 3 aromatic heterocycles. The average Bonchev–Trinajstić information content (AvgIpc) is 3.58. The Bertz CT molecular complexity index is 2640. The summed E-state index contributed by atoms with van der Waals surface area (Å²) in [6.45, 7) is 0. The van der Waals surface area contributed by atoms with Gasteiger partial charge in [-0.2, -0.15) is 0 Å². The Morgan fingerprint density at radius 3 is 1.49 bits per heavy atom. The SMILES string of the molecule is c1ccc(-c2cc(-c3ccc(-c4c5ccccc5c(-c5ccc6c(c5)Cc5ccccc5-6)c5ccccc45)nc3)cc(-c3ccccn3)c2)nc1. The van der Waals surface area contributed by atoms with E-state index in [1.807, 2.05) is 55.0 Å². The Morgan fingerprint density at radius 2 is 0.882 bits per heavy atom. The molecule has 238 valence electrons. The van der Waals surface area contributed by atoms with Crippen molar-refractivity contribution in [3.63, 3.8) is 0 Å². The van der Waals surface area contributed by atoms with Crippen molar-refractivity contribution in [1.82, 2.24) is 15.0 Å². The van der Waals surface area contributed by atoms with E-state index in [0.29, 0.717) is 0 Å². The Kier molecular flexibility index (Phi) is 6.88. The van der Waals surface area contributed by atoms with Gasteiger partial charge < -0.3 is 0 Å². The van der Waals surface area contributed by atoms with Gasteiger partial charge in [0.05, 0.1) is 17.1 Å². The van der Waals surface area contributed by atoms with Crippen molar-refractivity contribution in [1.29, 1.82) is 0 Å². The van der Waals surface area contributed by atoms with Crippen molar-refractivity contribution in [2.45, 2.75) is 6.42 Å². The van der Waals surface area contributed by atoms with Crippen LogP contribution in [-0.4, -0.2) is 15.0 Å². The van der Waals surface area contributed by atoms with Crippen LogP contribution in [0.1, 0.15) is 11.1 Å². The fourth-order valence-corrected chi connectivity index (χ4v) is 7.89. The van der Waals surface area contributed by atoms with Crippen molar-refractivity contribution < 1.29 is 0 Å². The zero-order valence-corrected chi connectivity index (χ0v) is 27.8. The normalized spacial score (nSPS) is 11.8. The van der Waals surface area contributed by atoms with Gasteiger partial charge in [-0.05, 0) is 115 Å². The average molecular weight is 650 g/mol. The van der Waals surface area contributed by atoms with Crippen LogP contribution in [0.2, 0.25) is 0 Å². The van der Waals surface area contributed by atoms with Crippen LogP contribution in [0.4, 0.5) is 0 Å². The van der Waals surface area contributed by atoms with Gasteiger partial charge in [-0.1, -0.05) is 109 Å². The van der Waals surface area contributed by atoms with E-state index in [-0.39, 0.29) is 0 Å². The molecule has 10 rings (SSSR count). The molecular weight excluding hydrogens is 619 g/mol. The topological polar surface area (TPSA) is 38.7 Å². The molecule has 0 saturated heterocycles. The van der Waals surface area contributed by atoms with Gasteiger partial charge in [-0.25, -0.2) is 0 Å². The van der Waals surface area contributed by atoms with Gasteiger partial charge in [0.25, 0.3) is 0 Å². The van der Waals surface area contributed by atoms with Gasteiger partial charge in [0.1, 0.15) is 0 Å². The number of benzene rings is 6. The first-order chi connectivity index (χ1) is 25.3. The maximum absolute atomic E-state index is 5.17. The number of hydrogen-bond acceptors (Lipinski definition) is 3. The summed E-state index contributed by atoms with van der Waals surface area (Å²) in [7, 11) is 0. The van der Waals surface area contributed by atoms with Crippen molar-refractivity contribution in [2.24, 2.45) is 0 Å². The predicted octanol–water partition coefficient (Wildman–Crippen LogP) is 12.1. The highest BCUT2D eigenvalue weighted by molar-refractivity contribution is 6.21. The Labute approximate surface area is 296 Å². The summed E-state index contributed by atoms with van der Waals surface area (Å²) in [4.78, 5) is 14.5. The number of aromatic nitrogens is 3. The second-order valence-corrected chi connectivity index (χ2v) is 13.2. The van der Waals surface area contributed by atoms with Crippen LogP contribution in [0.25, 0.3) is 88.7 Å². The molecule has 0 radical (unpaired) electrons. The molecule has 0 amide bonds. The summed E-state index contributed by atoms with van der Waals surface area (Å²) < 4.78 is 0. The van der Waals surface area contributed by atoms with Crippen molar-refractivity contribution in [2.75, 3.05) is 0 Å². The molecule has 3 nitrogen and oxygen atoms in total. The van der Waals surface area contributed by atoms with E-state index in [9.17, 15) is 0 Å². The molecule has 0 spiro atoms. The summed E-state index contributed by atoms with van der Waals surface area (Å²) in [5, 5.41) is 4.86. The van der Waals surface area contributed by atoms with Crippen molar-refractivity contribution >= 4 is 21.5 Å². The summed E-state index contributed by atoms with van der Waals surface area (Å²) >= 11 is 0. The van der Waals surface area contributed by atoms with Gasteiger partial charge in [0.2, 0.25) is 0 Å². The molecule has 3 heterocycles. The smallest absolute Gasteiger partial charge is 0.0714 e. The third-order valence-electron chi connectivity index (χ3n) is 10.2. The van der Waals surface area contributed by atoms with Crippen LogP contribution < -0.4 is 0 Å². The summed E-state index contributed by atoms with van der Waals surface area (Å²) in [6, 6.07) is 56.4. The summed E-state index contributed by atoms with van der Waals surface area (Å²) in [5.41, 5.74) is 16.2. The van der Waals surface area contributed by atoms with Crippen LogP contribution in [-0.2, 0) is 6.42 Å². The van der Waals surface area contributed by atoms with E-state index < -0.39 is 0 Å². The predicted molar refractivity (Wildman–Crippen MR) is 210 cm³/mol. The van der Waals surface area contributed by atoms with Gasteiger partial charge >= 0.3 is 0 Å². The lowest BCUT2D eigenvalue weighted by molar-refractivity contribution is 1.26. The van der Waals surface area contributed by atoms with E-state index in [1.165, 1.54) is 54.9 Å². The molecule has 1 aliphatic carbocycles. The van der Waals surface area contributed by atoms with Crippen LogP contribution in [0, 0.1) is 0 Å². The van der Waals surface area contributed by atoms with Gasteiger partial charge in [0.15, 0.2) is 0 Å². The Morgan fingerprint density at radius 1 is 0.333 bits per heavy atom. The van der Waals surface area contributed by atoms with E-state index in [2.05, 4.69) is 131 Å². The number of pyridine rings is 3. The first kappa shape index (κ1) is 29.2. The van der Waals surface area contributed by atoms with Crippen LogP contribution >= 0.6 is 0 Å². The molecule has 0 atom stereocenters. The molecule has 1 aliphatic rings. The molecule has 0 N–H and O–H groups in total. The van der Waals surface area contributed by atoms with E-state index >= 15 is 0 Å². The van der Waals surface area contributed by atoms with E-state index in [0.717, 1.165) is 51.3 Å². The third-order valence-corrected chi connectivity index (χ3v) is 10.2. The number of rotatable bonds is 5. The minimum absolute atomic E-state index is 0.923. The van der Waals surface area contributed by atoms with Crippen LogP contribution in [0.5, 0.6) is 0 Å². The quantitative estimate of drug-likeness (QED) is 0.174. The number of hydrogen-bond donors (Lipinski definition) is 0. The fraction of sp³-hybridized carbons (Fsp3) is 0.0208. The summed E-state index contributed by atoms with van der Waals surface area (Å²) in [5.74, 6) is 0. The highest BCUT2D eigenvalue weighted by atomic mass is 14.7. The molecule has 0 saturated carbocycles. The molecule has 3 heteroatoms. The van der Waals surface area contributed by atoms with Crippen LogP contribution in [0.15, 0.2) is 176 Å². The zero-order chi connectivity index (χ0) is 33.7. The van der Waals surface area contributed by atoms with Crippen LogP contribution in [0.3, 0.4) is 0 Å². The lowest BCUT2D eigenvalue weighted by atomic mass is 9.86. The lowest BCUT2D eigenvalue weighted by Crippen LogP contribution is -1.94. The molecule has 6 aromatic carbocycles. The second-order valence-electron chi connectivity index (χ2n) is 13.2.